The highest BCUT2D eigenvalue weighted by Gasteiger charge is 2.40. The summed E-state index contributed by atoms with van der Waals surface area (Å²) in [7, 11) is 0. The molecule has 2 aliphatic heterocycles. The molecule has 2 aromatic rings. The summed E-state index contributed by atoms with van der Waals surface area (Å²) in [5.74, 6) is 0.622. The molecule has 2 saturated heterocycles. The van der Waals surface area contributed by atoms with Crippen molar-refractivity contribution in [3.63, 3.8) is 0 Å². The van der Waals surface area contributed by atoms with Gasteiger partial charge in [0.2, 0.25) is 5.91 Å². The lowest BCUT2D eigenvalue weighted by Crippen LogP contribution is -2.47. The Morgan fingerprint density at radius 3 is 2.56 bits per heavy atom. The van der Waals surface area contributed by atoms with Crippen LogP contribution < -0.4 is 0 Å². The van der Waals surface area contributed by atoms with E-state index in [4.69, 9.17) is 9.15 Å². The van der Waals surface area contributed by atoms with Gasteiger partial charge < -0.3 is 14.1 Å². The smallest absolute Gasteiger partial charge is 0.410 e. The molecule has 1 aromatic heterocycles. The Kier molecular flexibility index (Phi) is 4.96. The molecule has 2 fully saturated rings. The largest absolute Gasteiger partial charge is 0.465 e. The molecule has 0 spiro atoms. The van der Waals surface area contributed by atoms with Crippen LogP contribution in [0.2, 0.25) is 0 Å². The fourth-order valence-corrected chi connectivity index (χ4v) is 3.78. The van der Waals surface area contributed by atoms with Crippen molar-refractivity contribution in [2.75, 3.05) is 19.7 Å². The third-order valence-electron chi connectivity index (χ3n) is 5.20. The van der Waals surface area contributed by atoms with Gasteiger partial charge in [0.1, 0.15) is 12.4 Å². The van der Waals surface area contributed by atoms with E-state index in [1.54, 1.807) is 24.5 Å². The van der Waals surface area contributed by atoms with Gasteiger partial charge in [0.25, 0.3) is 0 Å². The number of furan rings is 1. The molecule has 6 nitrogen and oxygen atoms in total. The molecule has 3 heterocycles. The maximum absolute atomic E-state index is 12.4. The number of carbonyl (C=O) groups excluding carboxylic acids is 2. The molecule has 0 N–H and O–H groups in total. The predicted octanol–water partition coefficient (Wildman–Crippen LogP) is 3.48. The van der Waals surface area contributed by atoms with Gasteiger partial charge in [-0.3, -0.25) is 9.69 Å². The van der Waals surface area contributed by atoms with Crippen molar-refractivity contribution in [2.24, 2.45) is 0 Å². The standard InChI is InChI=1S/C21H22N2O4/c24-20(9-8-18-7-4-14-26-18)22-12-10-17(11-13-22)23-19(15-27-21(23)25)16-5-2-1-3-6-16/h1-9,14,17,19H,10-13,15H2. The van der Waals surface area contributed by atoms with Crippen molar-refractivity contribution in [2.45, 2.75) is 24.9 Å². The lowest BCUT2D eigenvalue weighted by Gasteiger charge is -2.37. The van der Waals surface area contributed by atoms with Gasteiger partial charge in [0, 0.05) is 25.2 Å². The highest BCUT2D eigenvalue weighted by atomic mass is 16.6. The van der Waals surface area contributed by atoms with Gasteiger partial charge in [-0.2, -0.15) is 0 Å². The molecule has 2 amide bonds. The lowest BCUT2D eigenvalue weighted by atomic mass is 9.99. The van der Waals surface area contributed by atoms with Crippen LogP contribution >= 0.6 is 0 Å². The van der Waals surface area contributed by atoms with Gasteiger partial charge in [-0.05, 0) is 36.6 Å². The molecular formula is C21H22N2O4. The van der Waals surface area contributed by atoms with Gasteiger partial charge in [-0.1, -0.05) is 30.3 Å². The van der Waals surface area contributed by atoms with Gasteiger partial charge >= 0.3 is 6.09 Å². The van der Waals surface area contributed by atoms with Gasteiger partial charge in [0.05, 0.1) is 12.3 Å². The zero-order valence-corrected chi connectivity index (χ0v) is 15.0. The molecule has 4 rings (SSSR count). The number of piperidine rings is 1. The van der Waals surface area contributed by atoms with Crippen LogP contribution in [0.5, 0.6) is 0 Å². The summed E-state index contributed by atoms with van der Waals surface area (Å²) in [5, 5.41) is 0. The fourth-order valence-electron chi connectivity index (χ4n) is 3.78. The first-order valence-electron chi connectivity index (χ1n) is 9.23. The Labute approximate surface area is 158 Å². The molecule has 1 atom stereocenters. The van der Waals surface area contributed by atoms with E-state index in [1.807, 2.05) is 40.1 Å². The quantitative estimate of drug-likeness (QED) is 0.777. The number of benzene rings is 1. The summed E-state index contributed by atoms with van der Waals surface area (Å²) >= 11 is 0. The normalized spacial score (nSPS) is 21.0. The molecule has 1 aromatic carbocycles. The number of nitrogens with zero attached hydrogens (tertiary/aromatic N) is 2. The molecular weight excluding hydrogens is 344 g/mol. The van der Waals surface area contributed by atoms with E-state index in [1.165, 1.54) is 6.08 Å². The van der Waals surface area contributed by atoms with Gasteiger partial charge in [0.15, 0.2) is 0 Å². The Morgan fingerprint density at radius 1 is 1.07 bits per heavy atom. The summed E-state index contributed by atoms with van der Waals surface area (Å²) < 4.78 is 10.5. The van der Waals surface area contributed by atoms with Crippen LogP contribution in [0.1, 0.15) is 30.2 Å². The minimum atomic E-state index is -0.258. The molecule has 0 saturated carbocycles. The van der Waals surface area contributed by atoms with Gasteiger partial charge in [-0.15, -0.1) is 0 Å². The molecule has 0 radical (unpaired) electrons. The Hall–Kier alpha value is -3.02. The SMILES string of the molecule is O=C(C=Cc1ccco1)N1CCC(N2C(=O)OCC2c2ccccc2)CC1. The summed E-state index contributed by atoms with van der Waals surface area (Å²) in [6.07, 6.45) is 6.03. The Balaban J connectivity index is 1.38. The van der Waals surface area contributed by atoms with Crippen LogP contribution in [0.15, 0.2) is 59.2 Å². The van der Waals surface area contributed by atoms with Crippen molar-refractivity contribution >= 4 is 18.1 Å². The average molecular weight is 366 g/mol. The maximum Gasteiger partial charge on any atom is 0.410 e. The molecule has 0 aliphatic carbocycles. The summed E-state index contributed by atoms with van der Waals surface area (Å²) in [6.45, 7) is 1.63. The number of amides is 2. The molecule has 27 heavy (non-hydrogen) atoms. The summed E-state index contributed by atoms with van der Waals surface area (Å²) in [5.41, 5.74) is 1.09. The average Bonchev–Trinajstić information content (AvgIpc) is 3.36. The van der Waals surface area contributed by atoms with Gasteiger partial charge in [-0.25, -0.2) is 4.79 Å². The molecule has 140 valence electrons. The second-order valence-corrected chi connectivity index (χ2v) is 6.82. The van der Waals surface area contributed by atoms with Crippen molar-refractivity contribution in [3.8, 4) is 0 Å². The minimum absolute atomic E-state index is 0.0338. The summed E-state index contributed by atoms with van der Waals surface area (Å²) in [4.78, 5) is 28.3. The van der Waals surface area contributed by atoms with E-state index < -0.39 is 0 Å². The number of likely N-dealkylation sites (tertiary alicyclic amines) is 1. The summed E-state index contributed by atoms with van der Waals surface area (Å²) in [6, 6.07) is 13.6. The molecule has 2 aliphatic rings. The van der Waals surface area contributed by atoms with E-state index >= 15 is 0 Å². The fraction of sp³-hybridized carbons (Fsp3) is 0.333. The highest BCUT2D eigenvalue weighted by molar-refractivity contribution is 5.91. The van der Waals surface area contributed by atoms with E-state index in [9.17, 15) is 9.59 Å². The minimum Gasteiger partial charge on any atom is -0.465 e. The predicted molar refractivity (Wildman–Crippen MR) is 99.7 cm³/mol. The first-order valence-corrected chi connectivity index (χ1v) is 9.23. The number of carbonyl (C=O) groups is 2. The van der Waals surface area contributed by atoms with Crippen molar-refractivity contribution in [1.29, 1.82) is 0 Å². The Morgan fingerprint density at radius 2 is 1.85 bits per heavy atom. The van der Waals surface area contributed by atoms with Crippen molar-refractivity contribution in [3.05, 3.63) is 66.1 Å². The Bertz CT molecular complexity index is 808. The van der Waals surface area contributed by atoms with E-state index in [0.29, 0.717) is 25.5 Å². The van der Waals surface area contributed by atoms with Crippen LogP contribution in [0.3, 0.4) is 0 Å². The third kappa shape index (κ3) is 3.74. The number of rotatable bonds is 4. The van der Waals surface area contributed by atoms with E-state index in [2.05, 4.69) is 0 Å². The van der Waals surface area contributed by atoms with E-state index in [0.717, 1.165) is 18.4 Å². The monoisotopic (exact) mass is 366 g/mol. The second kappa shape index (κ2) is 7.70. The van der Waals surface area contributed by atoms with Crippen LogP contribution in [0, 0.1) is 0 Å². The number of hydrogen-bond donors (Lipinski definition) is 0. The second-order valence-electron chi connectivity index (χ2n) is 6.82. The van der Waals surface area contributed by atoms with Crippen LogP contribution in [0.25, 0.3) is 6.08 Å². The van der Waals surface area contributed by atoms with Crippen molar-refractivity contribution in [1.82, 2.24) is 9.80 Å². The zero-order valence-electron chi connectivity index (χ0n) is 15.0. The molecule has 6 heteroatoms. The first kappa shape index (κ1) is 17.4. The van der Waals surface area contributed by atoms with E-state index in [-0.39, 0.29) is 24.1 Å². The number of ether oxygens (including phenoxy) is 1. The van der Waals surface area contributed by atoms with Crippen LogP contribution in [-0.2, 0) is 9.53 Å². The topological polar surface area (TPSA) is 63.0 Å². The molecule has 0 bridgehead atoms. The highest BCUT2D eigenvalue weighted by Crippen LogP contribution is 2.33. The first-order chi connectivity index (χ1) is 13.2. The lowest BCUT2D eigenvalue weighted by molar-refractivity contribution is -0.127. The van der Waals surface area contributed by atoms with Crippen LogP contribution in [-0.4, -0.2) is 47.5 Å². The molecule has 1 unspecified atom stereocenters. The third-order valence-corrected chi connectivity index (χ3v) is 5.20. The zero-order chi connectivity index (χ0) is 18.6. The van der Waals surface area contributed by atoms with Crippen LogP contribution in [0.4, 0.5) is 4.79 Å². The number of cyclic esters (lactones) is 1. The maximum atomic E-state index is 12.4. The van der Waals surface area contributed by atoms with Crippen molar-refractivity contribution < 1.29 is 18.7 Å². The number of hydrogen-bond acceptors (Lipinski definition) is 4.